The van der Waals surface area contributed by atoms with E-state index >= 15 is 0 Å². The van der Waals surface area contributed by atoms with Gasteiger partial charge in [0, 0.05) is 13.6 Å². The first-order valence-corrected chi connectivity index (χ1v) is 10.5. The monoisotopic (exact) mass is 548 g/mol. The van der Waals surface area contributed by atoms with Crippen LogP contribution < -0.4 is 15.4 Å². The molecule has 7 nitrogen and oxygen atoms in total. The number of guanidine groups is 1. The van der Waals surface area contributed by atoms with Crippen molar-refractivity contribution in [1.29, 1.82) is 0 Å². The van der Waals surface area contributed by atoms with Crippen molar-refractivity contribution in [2.24, 2.45) is 12.0 Å². The molecule has 172 valence electrons. The Labute approximate surface area is 207 Å². The summed E-state index contributed by atoms with van der Waals surface area (Å²) >= 11 is 0. The van der Waals surface area contributed by atoms with E-state index in [1.165, 1.54) is 22.3 Å². The Kier molecular flexibility index (Phi) is 9.96. The van der Waals surface area contributed by atoms with Gasteiger partial charge in [-0.2, -0.15) is 0 Å². The number of hydrogen-bond donors (Lipinski definition) is 2. The molecule has 2 aromatic carbocycles. The van der Waals surface area contributed by atoms with Gasteiger partial charge in [-0.25, -0.2) is 4.99 Å². The van der Waals surface area contributed by atoms with Crippen molar-refractivity contribution in [2.75, 3.05) is 13.7 Å². The summed E-state index contributed by atoms with van der Waals surface area (Å²) in [5, 5.41) is 15.2. The number of ether oxygens (including phenoxy) is 1. The standard InChI is InChI=1S/C24H32N6O.HI/c1-17-6-9-21(18(2)14-17)15-26-24(27-16-23-29-28-19(3)30(23)4)25-13-12-20-7-10-22(31-5)11-8-20;/h6-11,14H,12-13,15-16H2,1-5H3,(H2,25,26,27);1H. The Morgan fingerprint density at radius 2 is 1.78 bits per heavy atom. The van der Waals surface area contributed by atoms with Gasteiger partial charge in [0.25, 0.3) is 0 Å². The summed E-state index contributed by atoms with van der Waals surface area (Å²) < 4.78 is 7.21. The normalized spacial score (nSPS) is 11.1. The maximum atomic E-state index is 5.23. The Morgan fingerprint density at radius 3 is 2.41 bits per heavy atom. The maximum absolute atomic E-state index is 5.23. The molecule has 0 radical (unpaired) electrons. The zero-order valence-corrected chi connectivity index (χ0v) is 21.8. The van der Waals surface area contributed by atoms with E-state index in [0.717, 1.165) is 36.3 Å². The smallest absolute Gasteiger partial charge is 0.191 e. The van der Waals surface area contributed by atoms with E-state index in [1.807, 2.05) is 30.7 Å². The molecule has 0 aliphatic carbocycles. The van der Waals surface area contributed by atoms with Crippen LogP contribution in [-0.2, 0) is 26.6 Å². The molecule has 0 amide bonds. The summed E-state index contributed by atoms with van der Waals surface area (Å²) in [6.07, 6.45) is 0.886. The van der Waals surface area contributed by atoms with Crippen molar-refractivity contribution in [1.82, 2.24) is 25.4 Å². The lowest BCUT2D eigenvalue weighted by Gasteiger charge is -2.13. The predicted molar refractivity (Wildman–Crippen MR) is 140 cm³/mol. The molecule has 0 saturated heterocycles. The quantitative estimate of drug-likeness (QED) is 0.254. The highest BCUT2D eigenvalue weighted by Gasteiger charge is 2.07. The molecule has 0 unspecified atom stereocenters. The van der Waals surface area contributed by atoms with E-state index in [0.29, 0.717) is 13.1 Å². The van der Waals surface area contributed by atoms with Crippen molar-refractivity contribution in [2.45, 2.75) is 40.3 Å². The Bertz CT molecular complexity index is 1030. The van der Waals surface area contributed by atoms with Gasteiger partial charge >= 0.3 is 0 Å². The molecule has 0 aliphatic rings. The summed E-state index contributed by atoms with van der Waals surface area (Å²) in [6.45, 7) is 8.11. The zero-order valence-electron chi connectivity index (χ0n) is 19.5. The number of nitrogens with zero attached hydrogens (tertiary/aromatic N) is 4. The van der Waals surface area contributed by atoms with Crippen LogP contribution in [0.1, 0.15) is 33.9 Å². The number of halogens is 1. The minimum absolute atomic E-state index is 0. The van der Waals surface area contributed by atoms with E-state index in [9.17, 15) is 0 Å². The molecule has 2 N–H and O–H groups in total. The van der Waals surface area contributed by atoms with Crippen LogP contribution >= 0.6 is 24.0 Å². The summed E-state index contributed by atoms with van der Waals surface area (Å²) in [4.78, 5) is 4.81. The molecule has 32 heavy (non-hydrogen) atoms. The first-order valence-electron chi connectivity index (χ1n) is 10.5. The molecule has 8 heteroatoms. The van der Waals surface area contributed by atoms with Gasteiger partial charge in [0.1, 0.15) is 11.6 Å². The zero-order chi connectivity index (χ0) is 22.2. The predicted octanol–water partition coefficient (Wildman–Crippen LogP) is 3.85. The highest BCUT2D eigenvalue weighted by molar-refractivity contribution is 14.0. The SMILES string of the molecule is COc1ccc(CCNC(=NCc2ccc(C)cc2C)NCc2nnc(C)n2C)cc1.I. The summed E-state index contributed by atoms with van der Waals surface area (Å²) in [5.74, 6) is 3.38. The van der Waals surface area contributed by atoms with Crippen molar-refractivity contribution in [3.8, 4) is 5.75 Å². The number of methoxy groups -OCH3 is 1. The van der Waals surface area contributed by atoms with E-state index in [1.54, 1.807) is 7.11 Å². The lowest BCUT2D eigenvalue weighted by molar-refractivity contribution is 0.414. The largest absolute Gasteiger partial charge is 0.497 e. The topological polar surface area (TPSA) is 76.4 Å². The van der Waals surface area contributed by atoms with Crippen LogP contribution in [-0.4, -0.2) is 34.4 Å². The highest BCUT2D eigenvalue weighted by Crippen LogP contribution is 2.12. The summed E-state index contributed by atoms with van der Waals surface area (Å²) in [7, 11) is 3.65. The van der Waals surface area contributed by atoms with Gasteiger partial charge in [-0.05, 0) is 56.0 Å². The third-order valence-electron chi connectivity index (χ3n) is 5.37. The molecule has 0 bridgehead atoms. The fraction of sp³-hybridized carbons (Fsp3) is 0.375. The number of benzene rings is 2. The number of aromatic nitrogens is 3. The average molecular weight is 548 g/mol. The van der Waals surface area contributed by atoms with Crippen LogP contribution in [0.5, 0.6) is 5.75 Å². The van der Waals surface area contributed by atoms with Crippen molar-refractivity contribution in [3.63, 3.8) is 0 Å². The van der Waals surface area contributed by atoms with E-state index in [-0.39, 0.29) is 24.0 Å². The van der Waals surface area contributed by atoms with Gasteiger partial charge in [-0.3, -0.25) is 0 Å². The highest BCUT2D eigenvalue weighted by atomic mass is 127. The molecule has 1 heterocycles. The van der Waals surface area contributed by atoms with Crippen LogP contribution in [0.25, 0.3) is 0 Å². The number of hydrogen-bond acceptors (Lipinski definition) is 4. The van der Waals surface area contributed by atoms with Gasteiger partial charge in [0.15, 0.2) is 11.8 Å². The summed E-state index contributed by atoms with van der Waals surface area (Å²) in [6, 6.07) is 14.6. The molecule has 3 aromatic rings. The molecule has 0 spiro atoms. The third kappa shape index (κ3) is 7.22. The fourth-order valence-corrected chi connectivity index (χ4v) is 3.25. The van der Waals surface area contributed by atoms with Gasteiger partial charge in [-0.15, -0.1) is 34.2 Å². The molecule has 0 atom stereocenters. The molecule has 0 saturated carbocycles. The Hall–Kier alpha value is -2.62. The van der Waals surface area contributed by atoms with Crippen LogP contribution in [0.3, 0.4) is 0 Å². The van der Waals surface area contributed by atoms with Gasteiger partial charge in [0.2, 0.25) is 0 Å². The summed E-state index contributed by atoms with van der Waals surface area (Å²) in [5.41, 5.74) is 4.98. The van der Waals surface area contributed by atoms with E-state index in [2.05, 4.69) is 65.0 Å². The fourth-order valence-electron chi connectivity index (χ4n) is 3.25. The second kappa shape index (κ2) is 12.4. The number of nitrogens with one attached hydrogen (secondary N) is 2. The van der Waals surface area contributed by atoms with E-state index < -0.39 is 0 Å². The molecule has 0 fully saturated rings. The van der Waals surface area contributed by atoms with Gasteiger partial charge < -0.3 is 19.9 Å². The second-order valence-electron chi connectivity index (χ2n) is 7.70. The Balaban J connectivity index is 0.00000363. The average Bonchev–Trinajstić information content (AvgIpc) is 3.09. The molecule has 3 rings (SSSR count). The van der Waals surface area contributed by atoms with Crippen molar-refractivity contribution in [3.05, 3.63) is 76.4 Å². The second-order valence-corrected chi connectivity index (χ2v) is 7.70. The number of aryl methyl sites for hydroxylation is 3. The van der Waals surface area contributed by atoms with Crippen molar-refractivity contribution >= 4 is 29.9 Å². The van der Waals surface area contributed by atoms with Gasteiger partial charge in [0.05, 0.1) is 20.2 Å². The van der Waals surface area contributed by atoms with Crippen LogP contribution in [0.4, 0.5) is 0 Å². The first kappa shape index (κ1) is 25.6. The molecular formula is C24H33IN6O. The number of rotatable bonds is 8. The van der Waals surface area contributed by atoms with E-state index in [4.69, 9.17) is 9.73 Å². The van der Waals surface area contributed by atoms with Gasteiger partial charge in [-0.1, -0.05) is 35.9 Å². The molecular weight excluding hydrogens is 515 g/mol. The molecule has 0 aliphatic heterocycles. The lowest BCUT2D eigenvalue weighted by Crippen LogP contribution is -2.38. The van der Waals surface area contributed by atoms with Crippen molar-refractivity contribution < 1.29 is 4.74 Å². The minimum Gasteiger partial charge on any atom is -0.497 e. The van der Waals surface area contributed by atoms with Crippen LogP contribution in [0.2, 0.25) is 0 Å². The molecule has 1 aromatic heterocycles. The lowest BCUT2D eigenvalue weighted by atomic mass is 10.1. The minimum atomic E-state index is 0. The first-order chi connectivity index (χ1) is 15.0. The van der Waals surface area contributed by atoms with Crippen LogP contribution in [0, 0.1) is 20.8 Å². The maximum Gasteiger partial charge on any atom is 0.191 e. The Morgan fingerprint density at radius 1 is 1.03 bits per heavy atom. The third-order valence-corrected chi connectivity index (χ3v) is 5.37. The number of aliphatic imine (C=N–C) groups is 1. The van der Waals surface area contributed by atoms with Crippen LogP contribution in [0.15, 0.2) is 47.5 Å².